The van der Waals surface area contributed by atoms with Gasteiger partial charge in [0.05, 0.1) is 11.3 Å². The van der Waals surface area contributed by atoms with Crippen molar-refractivity contribution in [3.63, 3.8) is 0 Å². The first-order valence-corrected chi connectivity index (χ1v) is 6.69. The number of para-hydroxylation sites is 1. The van der Waals surface area contributed by atoms with Crippen LogP contribution in [0.2, 0.25) is 0 Å². The molecule has 108 valence electrons. The second kappa shape index (κ2) is 6.27. The van der Waals surface area contributed by atoms with Gasteiger partial charge in [0.2, 0.25) is 0 Å². The van der Waals surface area contributed by atoms with E-state index in [1.807, 2.05) is 0 Å². The highest BCUT2D eigenvalue weighted by molar-refractivity contribution is 9.10. The molecule has 0 atom stereocenters. The smallest absolute Gasteiger partial charge is 0.259 e. The third-order valence-corrected chi connectivity index (χ3v) is 3.26. The molecule has 2 rings (SSSR count). The standard InChI is InChI=1S/C14H12BrN3O3/c15-8-5-6-10(12(19)7-8)14(20)17-11-4-2-1-3-9(11)13(16)18-21/h1-7,19,21H,(H2,16,18)(H,17,20). The van der Waals surface area contributed by atoms with Gasteiger partial charge < -0.3 is 21.4 Å². The predicted octanol–water partition coefficient (Wildman–Crippen LogP) is 2.50. The molecule has 0 aliphatic heterocycles. The number of carbonyl (C=O) groups is 1. The van der Waals surface area contributed by atoms with Crippen LogP contribution in [0.15, 0.2) is 52.1 Å². The van der Waals surface area contributed by atoms with Crippen LogP contribution in [-0.2, 0) is 0 Å². The number of aromatic hydroxyl groups is 1. The van der Waals surface area contributed by atoms with E-state index >= 15 is 0 Å². The second-order valence-electron chi connectivity index (χ2n) is 4.15. The Morgan fingerprint density at radius 3 is 2.57 bits per heavy atom. The second-order valence-corrected chi connectivity index (χ2v) is 5.06. The van der Waals surface area contributed by atoms with Gasteiger partial charge in [0.25, 0.3) is 5.91 Å². The first-order valence-electron chi connectivity index (χ1n) is 5.89. The van der Waals surface area contributed by atoms with Gasteiger partial charge in [-0.2, -0.15) is 0 Å². The lowest BCUT2D eigenvalue weighted by Crippen LogP contribution is -2.19. The zero-order chi connectivity index (χ0) is 15.4. The highest BCUT2D eigenvalue weighted by Crippen LogP contribution is 2.24. The Morgan fingerprint density at radius 1 is 1.19 bits per heavy atom. The summed E-state index contributed by atoms with van der Waals surface area (Å²) in [4.78, 5) is 12.2. The molecule has 0 heterocycles. The van der Waals surface area contributed by atoms with Gasteiger partial charge >= 0.3 is 0 Å². The van der Waals surface area contributed by atoms with Crippen LogP contribution < -0.4 is 11.1 Å². The number of amidine groups is 1. The average Bonchev–Trinajstić information content (AvgIpc) is 2.46. The zero-order valence-electron chi connectivity index (χ0n) is 10.7. The fourth-order valence-corrected chi connectivity index (χ4v) is 2.10. The van der Waals surface area contributed by atoms with Crippen molar-refractivity contribution >= 4 is 33.4 Å². The molecule has 5 N–H and O–H groups in total. The van der Waals surface area contributed by atoms with E-state index in [1.54, 1.807) is 30.3 Å². The Labute approximate surface area is 129 Å². The molecular formula is C14H12BrN3O3. The molecule has 1 amide bonds. The number of anilines is 1. The van der Waals surface area contributed by atoms with E-state index in [0.29, 0.717) is 15.7 Å². The van der Waals surface area contributed by atoms with E-state index in [9.17, 15) is 9.90 Å². The Bertz CT molecular complexity index is 716. The highest BCUT2D eigenvalue weighted by atomic mass is 79.9. The van der Waals surface area contributed by atoms with Crippen LogP contribution >= 0.6 is 15.9 Å². The molecule has 7 heteroatoms. The van der Waals surface area contributed by atoms with Gasteiger partial charge in [0.15, 0.2) is 5.84 Å². The maximum absolute atomic E-state index is 12.2. The summed E-state index contributed by atoms with van der Waals surface area (Å²) in [5.41, 5.74) is 6.43. The number of nitrogens with one attached hydrogen (secondary N) is 1. The summed E-state index contributed by atoms with van der Waals surface area (Å²) >= 11 is 3.20. The van der Waals surface area contributed by atoms with Gasteiger partial charge in [-0.15, -0.1) is 0 Å². The number of benzene rings is 2. The predicted molar refractivity (Wildman–Crippen MR) is 82.7 cm³/mol. The number of phenols is 1. The fourth-order valence-electron chi connectivity index (χ4n) is 1.76. The Kier molecular flexibility index (Phi) is 4.44. The lowest BCUT2D eigenvalue weighted by molar-refractivity contribution is 0.102. The summed E-state index contributed by atoms with van der Waals surface area (Å²) in [6, 6.07) is 11.2. The molecule has 0 bridgehead atoms. The molecule has 0 spiro atoms. The molecule has 21 heavy (non-hydrogen) atoms. The zero-order valence-corrected chi connectivity index (χ0v) is 12.3. The normalized spacial score (nSPS) is 11.2. The minimum Gasteiger partial charge on any atom is -0.507 e. The van der Waals surface area contributed by atoms with Gasteiger partial charge in [-0.25, -0.2) is 0 Å². The minimum absolute atomic E-state index is 0.118. The molecule has 6 nitrogen and oxygen atoms in total. The maximum atomic E-state index is 12.2. The first kappa shape index (κ1) is 14.9. The number of halogens is 1. The van der Waals surface area contributed by atoms with Gasteiger partial charge in [-0.05, 0) is 30.3 Å². The summed E-state index contributed by atoms with van der Waals surface area (Å²) < 4.78 is 0.661. The van der Waals surface area contributed by atoms with E-state index in [4.69, 9.17) is 10.9 Å². The molecule has 2 aromatic rings. The summed E-state index contributed by atoms with van der Waals surface area (Å²) in [6.45, 7) is 0. The van der Waals surface area contributed by atoms with Gasteiger partial charge in [-0.3, -0.25) is 4.79 Å². The van der Waals surface area contributed by atoms with E-state index in [1.165, 1.54) is 12.1 Å². The fraction of sp³-hybridized carbons (Fsp3) is 0. The Hall–Kier alpha value is -2.54. The van der Waals surface area contributed by atoms with Crippen LogP contribution in [0.25, 0.3) is 0 Å². The number of rotatable bonds is 3. The van der Waals surface area contributed by atoms with Crippen LogP contribution in [0.1, 0.15) is 15.9 Å². The lowest BCUT2D eigenvalue weighted by Gasteiger charge is -2.10. The topological polar surface area (TPSA) is 108 Å². The minimum atomic E-state index is -0.502. The van der Waals surface area contributed by atoms with Crippen molar-refractivity contribution in [3.05, 3.63) is 58.1 Å². The van der Waals surface area contributed by atoms with Gasteiger partial charge in [0.1, 0.15) is 5.75 Å². The number of hydrogen-bond donors (Lipinski definition) is 4. The number of amides is 1. The van der Waals surface area contributed by atoms with Crippen molar-refractivity contribution in [2.75, 3.05) is 5.32 Å². The number of carbonyl (C=O) groups excluding carboxylic acids is 1. The monoisotopic (exact) mass is 349 g/mol. The SMILES string of the molecule is NC(=NO)c1ccccc1NC(=O)c1ccc(Br)cc1O. The van der Waals surface area contributed by atoms with Crippen molar-refractivity contribution < 1.29 is 15.1 Å². The van der Waals surface area contributed by atoms with E-state index in [-0.39, 0.29) is 17.1 Å². The van der Waals surface area contributed by atoms with Crippen LogP contribution in [0.3, 0.4) is 0 Å². The molecular weight excluding hydrogens is 338 g/mol. The van der Waals surface area contributed by atoms with Crippen LogP contribution in [-0.4, -0.2) is 22.1 Å². The first-order chi connectivity index (χ1) is 10.0. The quantitative estimate of drug-likeness (QED) is 0.295. The summed E-state index contributed by atoms with van der Waals surface area (Å²) in [6.07, 6.45) is 0. The maximum Gasteiger partial charge on any atom is 0.259 e. The van der Waals surface area contributed by atoms with Crippen LogP contribution in [0.4, 0.5) is 5.69 Å². The van der Waals surface area contributed by atoms with Crippen LogP contribution in [0, 0.1) is 0 Å². The van der Waals surface area contributed by atoms with Crippen LogP contribution in [0.5, 0.6) is 5.75 Å². The molecule has 0 saturated carbocycles. The van der Waals surface area contributed by atoms with E-state index in [2.05, 4.69) is 26.4 Å². The van der Waals surface area contributed by atoms with Gasteiger partial charge in [0, 0.05) is 10.0 Å². The third kappa shape index (κ3) is 3.32. The molecule has 0 aromatic heterocycles. The molecule has 0 radical (unpaired) electrons. The molecule has 0 unspecified atom stereocenters. The number of oxime groups is 1. The van der Waals surface area contributed by atoms with Crippen molar-refractivity contribution in [1.82, 2.24) is 0 Å². The largest absolute Gasteiger partial charge is 0.507 e. The number of nitrogens with zero attached hydrogens (tertiary/aromatic N) is 1. The van der Waals surface area contributed by atoms with E-state index < -0.39 is 5.91 Å². The third-order valence-electron chi connectivity index (χ3n) is 2.76. The van der Waals surface area contributed by atoms with Gasteiger partial charge in [-0.1, -0.05) is 33.2 Å². The summed E-state index contributed by atoms with van der Waals surface area (Å²) in [5, 5.41) is 24.1. The Morgan fingerprint density at radius 2 is 1.90 bits per heavy atom. The number of phenolic OH excluding ortho intramolecular Hbond substituents is 1. The summed E-state index contributed by atoms with van der Waals surface area (Å²) in [5.74, 6) is -0.771. The molecule has 2 aromatic carbocycles. The highest BCUT2D eigenvalue weighted by Gasteiger charge is 2.14. The average molecular weight is 350 g/mol. The van der Waals surface area contributed by atoms with E-state index in [0.717, 1.165) is 0 Å². The Balaban J connectivity index is 2.32. The van der Waals surface area contributed by atoms with Crippen molar-refractivity contribution in [2.45, 2.75) is 0 Å². The molecule has 0 aliphatic carbocycles. The summed E-state index contributed by atoms with van der Waals surface area (Å²) in [7, 11) is 0. The van der Waals surface area contributed by atoms with Crippen molar-refractivity contribution in [3.8, 4) is 5.75 Å². The number of hydrogen-bond acceptors (Lipinski definition) is 4. The molecule has 0 fully saturated rings. The van der Waals surface area contributed by atoms with Crippen molar-refractivity contribution in [1.29, 1.82) is 0 Å². The molecule has 0 aliphatic rings. The lowest BCUT2D eigenvalue weighted by atomic mass is 10.1. The molecule has 0 saturated heterocycles. The number of nitrogens with two attached hydrogens (primary N) is 1. The van der Waals surface area contributed by atoms with Crippen molar-refractivity contribution in [2.24, 2.45) is 10.9 Å².